The molecule has 15 heavy (non-hydrogen) atoms. The van der Waals surface area contributed by atoms with Crippen molar-refractivity contribution in [2.75, 3.05) is 0 Å². The number of hydrogen-bond donors (Lipinski definition) is 1. The molecule has 0 radical (unpaired) electrons. The summed E-state index contributed by atoms with van der Waals surface area (Å²) in [7, 11) is -5.73. The Bertz CT molecular complexity index is 467. The van der Waals surface area contributed by atoms with Crippen LogP contribution in [0.1, 0.15) is 10.4 Å². The predicted octanol–water partition coefficient (Wildman–Crippen LogP) is 1.35. The predicted molar refractivity (Wildman–Crippen MR) is 47.3 cm³/mol. The molecule has 0 unspecified atom stereocenters. The smallest absolute Gasteiger partial charge is 0.286 e. The number of halogens is 2. The highest BCUT2D eigenvalue weighted by atomic mass is 32.2. The first-order valence-electron chi connectivity index (χ1n) is 3.71. The van der Waals surface area contributed by atoms with E-state index in [0.717, 1.165) is 12.1 Å². The van der Waals surface area contributed by atoms with Gasteiger partial charge >= 0.3 is 15.4 Å². The molecule has 0 saturated carbocycles. The molecule has 1 N–H and O–H groups in total. The molecule has 1 rings (SSSR count). The lowest BCUT2D eigenvalue weighted by atomic mass is 10.1. The van der Waals surface area contributed by atoms with Crippen molar-refractivity contribution < 1.29 is 26.5 Å². The van der Waals surface area contributed by atoms with E-state index < -0.39 is 26.7 Å². The van der Waals surface area contributed by atoms with E-state index in [1.165, 1.54) is 18.2 Å². The van der Waals surface area contributed by atoms with E-state index in [1.807, 2.05) is 0 Å². The summed E-state index contributed by atoms with van der Waals surface area (Å²) >= 11 is 0. The number of rotatable bonds is 3. The normalized spacial score (nSPS) is 12.5. The number of carbonyl (C=O) groups excluding carboxylic acids is 1. The Balaban J connectivity index is 3.17. The maximum absolute atomic E-state index is 12.8. The Labute approximate surface area is 84.3 Å². The van der Waals surface area contributed by atoms with Gasteiger partial charge in [0.15, 0.2) is 0 Å². The van der Waals surface area contributed by atoms with Gasteiger partial charge in [0, 0.05) is 5.56 Å². The number of carbonyl (C=O) groups is 1. The fraction of sp³-hybridized carbons (Fsp3) is 0.125. The molecule has 0 bridgehead atoms. The molecule has 0 aliphatic heterocycles. The van der Waals surface area contributed by atoms with Crippen LogP contribution in [0.5, 0.6) is 0 Å². The Kier molecular flexibility index (Phi) is 2.87. The van der Waals surface area contributed by atoms with Gasteiger partial charge in [-0.25, -0.2) is 0 Å². The summed E-state index contributed by atoms with van der Waals surface area (Å²) in [6, 6.07) is 6.13. The Morgan fingerprint density at radius 1 is 1.20 bits per heavy atom. The van der Waals surface area contributed by atoms with Crippen molar-refractivity contribution in [3.05, 3.63) is 35.9 Å². The molecule has 0 fully saturated rings. The Hall–Kier alpha value is -1.34. The van der Waals surface area contributed by atoms with E-state index in [1.54, 1.807) is 0 Å². The monoisotopic (exact) mass is 236 g/mol. The van der Waals surface area contributed by atoms with E-state index in [2.05, 4.69) is 0 Å². The van der Waals surface area contributed by atoms with Crippen LogP contribution in [-0.4, -0.2) is 24.0 Å². The van der Waals surface area contributed by atoms with Gasteiger partial charge in [-0.1, -0.05) is 30.3 Å². The summed E-state index contributed by atoms with van der Waals surface area (Å²) in [4.78, 5) is 11.0. The molecule has 0 aliphatic rings. The summed E-state index contributed by atoms with van der Waals surface area (Å²) in [5, 5.41) is -4.81. The second kappa shape index (κ2) is 3.67. The topological polar surface area (TPSA) is 71.4 Å². The quantitative estimate of drug-likeness (QED) is 0.635. The van der Waals surface area contributed by atoms with Crippen LogP contribution < -0.4 is 0 Å². The van der Waals surface area contributed by atoms with Crippen molar-refractivity contribution >= 4 is 15.9 Å². The van der Waals surface area contributed by atoms with Crippen LogP contribution in [0, 0.1) is 0 Å². The number of hydrogen-bond acceptors (Lipinski definition) is 3. The van der Waals surface area contributed by atoms with E-state index in [9.17, 15) is 22.0 Å². The van der Waals surface area contributed by atoms with E-state index in [0.29, 0.717) is 0 Å². The first-order chi connectivity index (χ1) is 6.77. The molecule has 0 spiro atoms. The SMILES string of the molecule is O=C(c1ccccc1)C(F)(F)S(=O)(=O)O. The maximum atomic E-state index is 12.8. The lowest BCUT2D eigenvalue weighted by Gasteiger charge is -2.10. The summed E-state index contributed by atoms with van der Waals surface area (Å²) < 4.78 is 54.3. The van der Waals surface area contributed by atoms with Crippen LogP contribution in [-0.2, 0) is 10.1 Å². The molecule has 4 nitrogen and oxygen atoms in total. The van der Waals surface area contributed by atoms with Crippen molar-refractivity contribution in [2.24, 2.45) is 0 Å². The summed E-state index contributed by atoms with van der Waals surface area (Å²) in [6.07, 6.45) is 0. The lowest BCUT2D eigenvalue weighted by Crippen LogP contribution is -2.37. The second-order valence-corrected chi connectivity index (χ2v) is 4.15. The summed E-state index contributed by atoms with van der Waals surface area (Å²) in [6.45, 7) is 0. The molecule has 0 saturated heterocycles. The van der Waals surface area contributed by atoms with Crippen molar-refractivity contribution in [3.8, 4) is 0 Å². The fourth-order valence-corrected chi connectivity index (χ4v) is 1.23. The summed E-state index contributed by atoms with van der Waals surface area (Å²) in [5.41, 5.74) is -0.486. The van der Waals surface area contributed by atoms with Crippen LogP contribution in [0.2, 0.25) is 0 Å². The van der Waals surface area contributed by atoms with Crippen LogP contribution >= 0.6 is 0 Å². The van der Waals surface area contributed by atoms with E-state index in [4.69, 9.17) is 4.55 Å². The molecule has 1 aromatic carbocycles. The average Bonchev–Trinajstić information content (AvgIpc) is 2.16. The van der Waals surface area contributed by atoms with E-state index >= 15 is 0 Å². The minimum Gasteiger partial charge on any atom is -0.286 e. The second-order valence-electron chi connectivity index (χ2n) is 2.69. The molecule has 82 valence electrons. The molecule has 0 aliphatic carbocycles. The van der Waals surface area contributed by atoms with Crippen molar-refractivity contribution in [1.82, 2.24) is 0 Å². The molecule has 7 heteroatoms. The molecule has 0 heterocycles. The minimum absolute atomic E-state index is 0.486. The fourth-order valence-electron chi connectivity index (χ4n) is 0.875. The zero-order valence-electron chi connectivity index (χ0n) is 7.22. The van der Waals surface area contributed by atoms with Crippen LogP contribution in [0.3, 0.4) is 0 Å². The van der Waals surface area contributed by atoms with Crippen molar-refractivity contribution in [2.45, 2.75) is 5.25 Å². The first-order valence-corrected chi connectivity index (χ1v) is 5.15. The third-order valence-corrected chi connectivity index (χ3v) is 2.46. The number of benzene rings is 1. The lowest BCUT2D eigenvalue weighted by molar-refractivity contribution is 0.0492. The molecular formula is C8H6F2O4S. The van der Waals surface area contributed by atoms with E-state index in [-0.39, 0.29) is 0 Å². The minimum atomic E-state index is -5.73. The van der Waals surface area contributed by atoms with Crippen LogP contribution in [0.15, 0.2) is 30.3 Å². The van der Waals surface area contributed by atoms with Gasteiger partial charge in [0.1, 0.15) is 0 Å². The number of Topliss-reactive ketones (excluding diaryl/α,β-unsaturated/α-hetero) is 1. The Morgan fingerprint density at radius 3 is 2.07 bits per heavy atom. The molecule has 0 aromatic heterocycles. The van der Waals surface area contributed by atoms with Gasteiger partial charge in [-0.05, 0) is 0 Å². The third kappa shape index (κ3) is 2.18. The third-order valence-electron chi connectivity index (χ3n) is 1.62. The highest BCUT2D eigenvalue weighted by Gasteiger charge is 2.52. The first kappa shape index (κ1) is 11.7. The molecule has 0 amide bonds. The largest absolute Gasteiger partial charge is 0.431 e. The van der Waals surface area contributed by atoms with Gasteiger partial charge in [-0.3, -0.25) is 9.35 Å². The highest BCUT2D eigenvalue weighted by molar-refractivity contribution is 7.87. The number of alkyl halides is 2. The average molecular weight is 236 g/mol. The van der Waals surface area contributed by atoms with Gasteiger partial charge in [-0.2, -0.15) is 17.2 Å². The van der Waals surface area contributed by atoms with Gasteiger partial charge in [0.05, 0.1) is 0 Å². The molecular weight excluding hydrogens is 230 g/mol. The van der Waals surface area contributed by atoms with Crippen LogP contribution in [0.25, 0.3) is 0 Å². The Morgan fingerprint density at radius 2 is 1.67 bits per heavy atom. The standard InChI is InChI=1S/C8H6F2O4S/c9-8(10,15(12,13)14)7(11)6-4-2-1-3-5-6/h1-5H,(H,12,13,14). The highest BCUT2D eigenvalue weighted by Crippen LogP contribution is 2.25. The van der Waals surface area contributed by atoms with Crippen molar-refractivity contribution in [1.29, 1.82) is 0 Å². The molecule has 0 atom stereocenters. The van der Waals surface area contributed by atoms with Gasteiger partial charge in [0.25, 0.3) is 0 Å². The van der Waals surface area contributed by atoms with Crippen LogP contribution in [0.4, 0.5) is 8.78 Å². The summed E-state index contributed by atoms with van der Waals surface area (Å²) in [5.74, 6) is -1.95. The molecule has 1 aromatic rings. The zero-order valence-corrected chi connectivity index (χ0v) is 8.04. The van der Waals surface area contributed by atoms with Gasteiger partial charge < -0.3 is 0 Å². The van der Waals surface area contributed by atoms with Gasteiger partial charge in [-0.15, -0.1) is 0 Å². The van der Waals surface area contributed by atoms with Crippen molar-refractivity contribution in [3.63, 3.8) is 0 Å². The maximum Gasteiger partial charge on any atom is 0.431 e. The zero-order chi connectivity index (χ0) is 11.7. The number of ketones is 1. The van der Waals surface area contributed by atoms with Gasteiger partial charge in [0.2, 0.25) is 5.78 Å².